The zero-order valence-corrected chi connectivity index (χ0v) is 12.0. The molecule has 2 aliphatic carbocycles. The predicted molar refractivity (Wildman–Crippen MR) is 77.2 cm³/mol. The van der Waals surface area contributed by atoms with E-state index in [0.29, 0.717) is 23.3 Å². The third kappa shape index (κ3) is 2.30. The van der Waals surface area contributed by atoms with Gasteiger partial charge in [0.2, 0.25) is 0 Å². The first-order valence-electron chi connectivity index (χ1n) is 6.18. The number of hydrogen-bond donors (Lipinski definition) is 2. The Morgan fingerprint density at radius 1 is 1.47 bits per heavy atom. The summed E-state index contributed by atoms with van der Waals surface area (Å²) in [5.74, 6) is 1.91. The second kappa shape index (κ2) is 4.49. The molecule has 5 heteroatoms. The normalized spacial score (nSPS) is 27.5. The zero-order valence-electron chi connectivity index (χ0n) is 10.4. The molecule has 4 nitrogen and oxygen atoms in total. The van der Waals surface area contributed by atoms with Crippen molar-refractivity contribution in [1.82, 2.24) is 10.3 Å². The van der Waals surface area contributed by atoms with Gasteiger partial charge in [-0.1, -0.05) is 19.1 Å². The third-order valence-corrected chi connectivity index (χ3v) is 4.21. The maximum absolute atomic E-state index is 12.2. The van der Waals surface area contributed by atoms with Crippen LogP contribution >= 0.6 is 15.9 Å². The average Bonchev–Trinajstić information content (AvgIpc) is 3.03. The topological polar surface area (TPSA) is 68.0 Å². The molecule has 0 spiro atoms. The van der Waals surface area contributed by atoms with E-state index in [2.05, 4.69) is 45.3 Å². The Hall–Kier alpha value is -1.62. The molecule has 0 bridgehead atoms. The Labute approximate surface area is 119 Å². The van der Waals surface area contributed by atoms with Crippen LogP contribution in [-0.4, -0.2) is 10.9 Å². The maximum atomic E-state index is 12.2. The summed E-state index contributed by atoms with van der Waals surface area (Å²) in [7, 11) is 0. The van der Waals surface area contributed by atoms with Gasteiger partial charge < -0.3 is 11.1 Å². The van der Waals surface area contributed by atoms with Gasteiger partial charge in [0.05, 0.1) is 5.56 Å². The fourth-order valence-electron chi connectivity index (χ4n) is 2.48. The van der Waals surface area contributed by atoms with Crippen LogP contribution in [-0.2, 0) is 0 Å². The van der Waals surface area contributed by atoms with Gasteiger partial charge in [-0.15, -0.1) is 0 Å². The number of nitrogen functional groups attached to an aromatic ring is 1. The van der Waals surface area contributed by atoms with Crippen molar-refractivity contribution < 1.29 is 4.79 Å². The summed E-state index contributed by atoms with van der Waals surface area (Å²) in [6, 6.07) is 1.67. The van der Waals surface area contributed by atoms with Gasteiger partial charge >= 0.3 is 0 Å². The summed E-state index contributed by atoms with van der Waals surface area (Å²) in [6.45, 7) is 2.22. The first kappa shape index (κ1) is 12.4. The maximum Gasteiger partial charge on any atom is 0.259 e. The monoisotopic (exact) mass is 319 g/mol. The van der Waals surface area contributed by atoms with Crippen molar-refractivity contribution in [3.8, 4) is 0 Å². The molecule has 1 heterocycles. The molecule has 2 aliphatic rings. The highest BCUT2D eigenvalue weighted by Gasteiger charge is 2.44. The molecule has 19 heavy (non-hydrogen) atoms. The van der Waals surface area contributed by atoms with Crippen LogP contribution in [0.2, 0.25) is 0 Å². The largest absolute Gasteiger partial charge is 0.383 e. The van der Waals surface area contributed by atoms with Gasteiger partial charge in [-0.25, -0.2) is 4.98 Å². The number of pyridine rings is 1. The molecule has 1 aromatic heterocycles. The molecule has 3 atom stereocenters. The van der Waals surface area contributed by atoms with E-state index in [0.717, 1.165) is 10.2 Å². The molecular weight excluding hydrogens is 306 g/mol. The molecule has 1 fully saturated rings. The Morgan fingerprint density at radius 2 is 2.26 bits per heavy atom. The number of nitrogens with one attached hydrogen (secondary N) is 1. The standard InChI is InChI=1S/C14H14BrN3O/c1-7-10-3-2-9(5-11(7)10)18-14(19)12-4-8(15)6-17-13(12)16/h2-7,10-11H,1H3,(H2,16,17)(H,18,19). The Kier molecular flexibility index (Phi) is 2.93. The van der Waals surface area contributed by atoms with E-state index in [1.54, 1.807) is 12.3 Å². The highest BCUT2D eigenvalue weighted by atomic mass is 79.9. The van der Waals surface area contributed by atoms with Crippen molar-refractivity contribution in [2.45, 2.75) is 6.92 Å². The summed E-state index contributed by atoms with van der Waals surface area (Å²) >= 11 is 3.29. The predicted octanol–water partition coefficient (Wildman–Crippen LogP) is 2.49. The van der Waals surface area contributed by atoms with Crippen LogP contribution in [0.5, 0.6) is 0 Å². The number of allylic oxidation sites excluding steroid dienone is 3. The molecule has 3 unspecified atom stereocenters. The van der Waals surface area contributed by atoms with Crippen molar-refractivity contribution in [3.05, 3.63) is 46.2 Å². The van der Waals surface area contributed by atoms with Crippen LogP contribution in [0.15, 0.2) is 40.7 Å². The fraction of sp³-hybridized carbons (Fsp3) is 0.286. The van der Waals surface area contributed by atoms with Gasteiger partial charge in [0.25, 0.3) is 5.91 Å². The van der Waals surface area contributed by atoms with Gasteiger partial charge in [-0.05, 0) is 45.8 Å². The van der Waals surface area contributed by atoms with Crippen molar-refractivity contribution >= 4 is 27.7 Å². The summed E-state index contributed by atoms with van der Waals surface area (Å²) in [5, 5.41) is 2.88. The van der Waals surface area contributed by atoms with Crippen molar-refractivity contribution in [1.29, 1.82) is 0 Å². The molecule has 0 aromatic carbocycles. The number of anilines is 1. The number of hydrogen-bond acceptors (Lipinski definition) is 3. The summed E-state index contributed by atoms with van der Waals surface area (Å²) in [6.07, 6.45) is 7.81. The second-order valence-corrected chi connectivity index (χ2v) is 5.95. The zero-order chi connectivity index (χ0) is 13.6. The van der Waals surface area contributed by atoms with Crippen LogP contribution in [0.25, 0.3) is 0 Å². The van der Waals surface area contributed by atoms with Crippen LogP contribution < -0.4 is 11.1 Å². The van der Waals surface area contributed by atoms with Gasteiger partial charge in [0.15, 0.2) is 0 Å². The van der Waals surface area contributed by atoms with E-state index in [-0.39, 0.29) is 11.7 Å². The first-order valence-corrected chi connectivity index (χ1v) is 6.98. The lowest BCUT2D eigenvalue weighted by Gasteiger charge is -2.10. The van der Waals surface area contributed by atoms with Crippen molar-refractivity contribution in [3.63, 3.8) is 0 Å². The summed E-state index contributed by atoms with van der Waals surface area (Å²) < 4.78 is 0.732. The molecule has 0 saturated heterocycles. The number of aromatic nitrogens is 1. The number of nitrogens with two attached hydrogens (primary N) is 1. The van der Waals surface area contributed by atoms with E-state index in [1.165, 1.54) is 0 Å². The number of amides is 1. The van der Waals surface area contributed by atoms with Gasteiger partial charge in [0.1, 0.15) is 5.82 Å². The lowest BCUT2D eigenvalue weighted by Crippen LogP contribution is -2.24. The van der Waals surface area contributed by atoms with E-state index in [4.69, 9.17) is 5.73 Å². The molecule has 98 valence electrons. The summed E-state index contributed by atoms with van der Waals surface area (Å²) in [5.41, 5.74) is 6.95. The minimum absolute atomic E-state index is 0.228. The molecule has 0 radical (unpaired) electrons. The van der Waals surface area contributed by atoms with E-state index in [1.807, 2.05) is 6.08 Å². The van der Waals surface area contributed by atoms with Crippen molar-refractivity contribution in [2.75, 3.05) is 5.73 Å². The highest BCUT2D eigenvalue weighted by Crippen LogP contribution is 2.50. The molecule has 0 aliphatic heterocycles. The lowest BCUT2D eigenvalue weighted by atomic mass is 10.1. The molecule has 3 N–H and O–H groups in total. The fourth-order valence-corrected chi connectivity index (χ4v) is 2.81. The van der Waals surface area contributed by atoms with E-state index < -0.39 is 0 Å². The van der Waals surface area contributed by atoms with Gasteiger partial charge in [-0.2, -0.15) is 0 Å². The Morgan fingerprint density at radius 3 is 3.00 bits per heavy atom. The van der Waals surface area contributed by atoms with Crippen LogP contribution in [0.1, 0.15) is 17.3 Å². The SMILES string of the molecule is CC1C2C=CC(NC(=O)c3cc(Br)cnc3N)=CC12. The molecule has 3 rings (SSSR count). The number of rotatable bonds is 2. The van der Waals surface area contributed by atoms with Gasteiger partial charge in [0, 0.05) is 16.4 Å². The molecule has 1 saturated carbocycles. The Bertz CT molecular complexity index is 609. The quantitative estimate of drug-likeness (QED) is 0.880. The average molecular weight is 320 g/mol. The Balaban J connectivity index is 1.77. The van der Waals surface area contributed by atoms with Crippen LogP contribution in [0, 0.1) is 17.8 Å². The van der Waals surface area contributed by atoms with Crippen LogP contribution in [0.3, 0.4) is 0 Å². The molecule has 1 aromatic rings. The molecule has 1 amide bonds. The van der Waals surface area contributed by atoms with E-state index in [9.17, 15) is 4.79 Å². The first-order chi connectivity index (χ1) is 9.06. The number of nitrogens with zero attached hydrogens (tertiary/aromatic N) is 1. The number of carbonyl (C=O) groups excluding carboxylic acids is 1. The second-order valence-electron chi connectivity index (χ2n) is 5.04. The van der Waals surface area contributed by atoms with Gasteiger partial charge in [-0.3, -0.25) is 4.79 Å². The smallest absolute Gasteiger partial charge is 0.259 e. The van der Waals surface area contributed by atoms with Crippen molar-refractivity contribution in [2.24, 2.45) is 17.8 Å². The molecular formula is C14H14BrN3O. The number of halogens is 1. The van der Waals surface area contributed by atoms with E-state index >= 15 is 0 Å². The number of carbonyl (C=O) groups is 1. The minimum atomic E-state index is -0.228. The lowest BCUT2D eigenvalue weighted by molar-refractivity contribution is 0.0967. The summed E-state index contributed by atoms with van der Waals surface area (Å²) in [4.78, 5) is 16.1. The third-order valence-electron chi connectivity index (χ3n) is 3.78. The number of fused-ring (bicyclic) bond motifs is 1. The minimum Gasteiger partial charge on any atom is -0.383 e. The highest BCUT2D eigenvalue weighted by molar-refractivity contribution is 9.10. The van der Waals surface area contributed by atoms with Crippen LogP contribution in [0.4, 0.5) is 5.82 Å².